The number of aromatic nitrogens is 4. The first kappa shape index (κ1) is 7.26. The van der Waals surface area contributed by atoms with Crippen LogP contribution in [-0.4, -0.2) is 19.7 Å². The van der Waals surface area contributed by atoms with Gasteiger partial charge in [0.15, 0.2) is 5.65 Å². The Morgan fingerprint density at radius 1 is 1.46 bits per heavy atom. The number of halogens is 1. The second kappa shape index (κ2) is 2.42. The molecule has 0 spiro atoms. The summed E-state index contributed by atoms with van der Waals surface area (Å²) in [6.07, 6.45) is 5.73. The molecule has 0 bridgehead atoms. The fourth-order valence-corrected chi connectivity index (χ4v) is 1.61. The molecule has 0 atom stereocenters. The number of nitrogens with zero attached hydrogens (tertiary/aromatic N) is 4. The van der Waals surface area contributed by atoms with Crippen LogP contribution in [-0.2, 0) is 0 Å². The molecule has 0 aliphatic heterocycles. The summed E-state index contributed by atoms with van der Waals surface area (Å²) >= 11 is 5.92. The molecule has 2 aromatic rings. The van der Waals surface area contributed by atoms with E-state index >= 15 is 0 Å². The Bertz CT molecular complexity index is 460. The zero-order valence-electron chi connectivity index (χ0n) is 6.81. The van der Waals surface area contributed by atoms with Crippen molar-refractivity contribution in [2.45, 2.75) is 18.9 Å². The zero-order valence-corrected chi connectivity index (χ0v) is 7.57. The summed E-state index contributed by atoms with van der Waals surface area (Å²) in [6, 6.07) is 0.567. The lowest BCUT2D eigenvalue weighted by Gasteiger charge is -1.97. The standard InChI is InChI=1S/C8H7ClN4/c9-6-3-11-12-8-7(6)10-4-13(8)5-1-2-5/h3-5H,1-2H2. The van der Waals surface area contributed by atoms with Crippen LogP contribution in [0, 0.1) is 0 Å². The molecule has 0 aromatic carbocycles. The van der Waals surface area contributed by atoms with E-state index in [1.807, 2.05) is 4.57 Å². The van der Waals surface area contributed by atoms with Crippen molar-refractivity contribution < 1.29 is 0 Å². The van der Waals surface area contributed by atoms with Gasteiger partial charge in [0, 0.05) is 6.04 Å². The summed E-state index contributed by atoms with van der Waals surface area (Å²) in [4.78, 5) is 4.21. The maximum absolute atomic E-state index is 5.92. The zero-order chi connectivity index (χ0) is 8.84. The van der Waals surface area contributed by atoms with Crippen LogP contribution in [0.1, 0.15) is 18.9 Å². The Kier molecular flexibility index (Phi) is 1.35. The average Bonchev–Trinajstić information content (AvgIpc) is 2.87. The summed E-state index contributed by atoms with van der Waals surface area (Å²) in [5.41, 5.74) is 1.55. The highest BCUT2D eigenvalue weighted by Gasteiger charge is 2.26. The summed E-state index contributed by atoms with van der Waals surface area (Å²) < 4.78 is 2.05. The van der Waals surface area contributed by atoms with Crippen LogP contribution in [0.4, 0.5) is 0 Å². The highest BCUT2D eigenvalue weighted by Crippen LogP contribution is 2.37. The second-order valence-corrected chi connectivity index (χ2v) is 3.65. The normalized spacial score (nSPS) is 16.7. The fraction of sp³-hybridized carbons (Fsp3) is 0.375. The van der Waals surface area contributed by atoms with E-state index in [0.29, 0.717) is 11.1 Å². The molecule has 4 nitrogen and oxygen atoms in total. The van der Waals surface area contributed by atoms with Crippen molar-refractivity contribution in [1.29, 1.82) is 0 Å². The minimum atomic E-state index is 0.567. The van der Waals surface area contributed by atoms with Crippen LogP contribution in [0.3, 0.4) is 0 Å². The van der Waals surface area contributed by atoms with Crippen molar-refractivity contribution in [3.05, 3.63) is 17.5 Å². The molecule has 66 valence electrons. The lowest BCUT2D eigenvalue weighted by atomic mass is 10.5. The molecule has 1 fully saturated rings. The van der Waals surface area contributed by atoms with E-state index in [1.165, 1.54) is 19.0 Å². The third-order valence-corrected chi connectivity index (χ3v) is 2.53. The van der Waals surface area contributed by atoms with Crippen molar-refractivity contribution >= 4 is 22.8 Å². The van der Waals surface area contributed by atoms with Crippen LogP contribution in [0.5, 0.6) is 0 Å². The molecule has 0 N–H and O–H groups in total. The van der Waals surface area contributed by atoms with Crippen LogP contribution >= 0.6 is 11.6 Å². The number of hydrogen-bond acceptors (Lipinski definition) is 3. The van der Waals surface area contributed by atoms with Gasteiger partial charge in [0.2, 0.25) is 0 Å². The molecule has 1 aliphatic carbocycles. The predicted molar refractivity (Wildman–Crippen MR) is 48.6 cm³/mol. The highest BCUT2D eigenvalue weighted by atomic mass is 35.5. The van der Waals surface area contributed by atoms with Gasteiger partial charge in [-0.25, -0.2) is 4.98 Å². The van der Waals surface area contributed by atoms with E-state index in [2.05, 4.69) is 15.2 Å². The van der Waals surface area contributed by atoms with Crippen molar-refractivity contribution in [3.8, 4) is 0 Å². The quantitative estimate of drug-likeness (QED) is 0.696. The Balaban J connectivity index is 2.32. The van der Waals surface area contributed by atoms with Crippen molar-refractivity contribution in [2.75, 3.05) is 0 Å². The first-order chi connectivity index (χ1) is 6.36. The predicted octanol–water partition coefficient (Wildman–Crippen LogP) is 1.81. The van der Waals surface area contributed by atoms with Gasteiger partial charge in [-0.3, -0.25) is 0 Å². The second-order valence-electron chi connectivity index (χ2n) is 3.25. The lowest BCUT2D eigenvalue weighted by Crippen LogP contribution is -1.94. The van der Waals surface area contributed by atoms with Gasteiger partial charge in [0.1, 0.15) is 5.52 Å². The van der Waals surface area contributed by atoms with E-state index in [1.54, 1.807) is 6.33 Å². The molecule has 0 radical (unpaired) electrons. The number of rotatable bonds is 1. The van der Waals surface area contributed by atoms with E-state index in [9.17, 15) is 0 Å². The highest BCUT2D eigenvalue weighted by molar-refractivity contribution is 6.34. The summed E-state index contributed by atoms with van der Waals surface area (Å²) in [6.45, 7) is 0. The first-order valence-corrected chi connectivity index (χ1v) is 4.58. The van der Waals surface area contributed by atoms with Gasteiger partial charge in [0.25, 0.3) is 0 Å². The van der Waals surface area contributed by atoms with Crippen LogP contribution in [0.15, 0.2) is 12.5 Å². The van der Waals surface area contributed by atoms with Crippen LogP contribution in [0.25, 0.3) is 11.2 Å². The number of fused-ring (bicyclic) bond motifs is 1. The average molecular weight is 195 g/mol. The summed E-state index contributed by atoms with van der Waals surface area (Å²) in [7, 11) is 0. The van der Waals surface area contributed by atoms with E-state index in [0.717, 1.165) is 11.2 Å². The Morgan fingerprint density at radius 2 is 2.31 bits per heavy atom. The largest absolute Gasteiger partial charge is 0.311 e. The molecule has 2 aromatic heterocycles. The van der Waals surface area contributed by atoms with E-state index in [4.69, 9.17) is 11.6 Å². The van der Waals surface area contributed by atoms with Crippen LogP contribution in [0.2, 0.25) is 5.02 Å². The third kappa shape index (κ3) is 1.02. The van der Waals surface area contributed by atoms with Gasteiger partial charge in [-0.05, 0) is 12.8 Å². The van der Waals surface area contributed by atoms with Gasteiger partial charge < -0.3 is 4.57 Å². The Morgan fingerprint density at radius 3 is 3.08 bits per heavy atom. The van der Waals surface area contributed by atoms with Gasteiger partial charge in [-0.1, -0.05) is 11.6 Å². The molecule has 0 unspecified atom stereocenters. The molecule has 3 rings (SSSR count). The van der Waals surface area contributed by atoms with Gasteiger partial charge in [-0.15, -0.1) is 5.10 Å². The van der Waals surface area contributed by atoms with Crippen LogP contribution < -0.4 is 0 Å². The maximum Gasteiger partial charge on any atom is 0.184 e. The maximum atomic E-state index is 5.92. The molecule has 0 saturated heterocycles. The molecule has 2 heterocycles. The van der Waals surface area contributed by atoms with Gasteiger partial charge in [0.05, 0.1) is 17.5 Å². The first-order valence-electron chi connectivity index (χ1n) is 4.20. The number of imidazole rings is 1. The minimum Gasteiger partial charge on any atom is -0.311 e. The van der Waals surface area contributed by atoms with Crippen molar-refractivity contribution in [1.82, 2.24) is 19.7 Å². The Labute approximate surface area is 79.6 Å². The van der Waals surface area contributed by atoms with Crippen molar-refractivity contribution in [2.24, 2.45) is 0 Å². The molecule has 13 heavy (non-hydrogen) atoms. The Hall–Kier alpha value is -1.16. The summed E-state index contributed by atoms with van der Waals surface area (Å²) in [5, 5.41) is 8.42. The molecule has 5 heteroatoms. The fourth-order valence-electron chi connectivity index (χ4n) is 1.44. The topological polar surface area (TPSA) is 43.6 Å². The van der Waals surface area contributed by atoms with Gasteiger partial charge in [-0.2, -0.15) is 5.10 Å². The van der Waals surface area contributed by atoms with E-state index in [-0.39, 0.29) is 0 Å². The molecule has 1 saturated carbocycles. The minimum absolute atomic E-state index is 0.567. The smallest absolute Gasteiger partial charge is 0.184 e. The molecular weight excluding hydrogens is 188 g/mol. The molecular formula is C8H7ClN4. The monoisotopic (exact) mass is 194 g/mol. The summed E-state index contributed by atoms with van der Waals surface area (Å²) in [5.74, 6) is 0. The van der Waals surface area contributed by atoms with E-state index < -0.39 is 0 Å². The lowest BCUT2D eigenvalue weighted by molar-refractivity contribution is 0.751. The van der Waals surface area contributed by atoms with Gasteiger partial charge >= 0.3 is 0 Å². The SMILES string of the molecule is Clc1cnnc2c1ncn2C1CC1. The molecule has 1 aliphatic rings. The molecule has 0 amide bonds. The van der Waals surface area contributed by atoms with Crippen molar-refractivity contribution in [3.63, 3.8) is 0 Å². The third-order valence-electron chi connectivity index (χ3n) is 2.26. The number of hydrogen-bond donors (Lipinski definition) is 0.